The zero-order chi connectivity index (χ0) is 30.0. The van der Waals surface area contributed by atoms with Crippen molar-refractivity contribution in [3.63, 3.8) is 0 Å². The number of phenols is 1. The van der Waals surface area contributed by atoms with Gasteiger partial charge in [0.05, 0.1) is 17.5 Å². The Bertz CT molecular complexity index is 1520. The van der Waals surface area contributed by atoms with Crippen molar-refractivity contribution in [1.82, 2.24) is 10.2 Å². The first kappa shape index (κ1) is 28.1. The monoisotopic (exact) mass is 563 g/mol. The number of nitrogens with two attached hydrogens (primary N) is 1. The highest BCUT2D eigenvalue weighted by atomic mass is 16.5. The number of hydrogen-bond acceptors (Lipinski definition) is 10. The molecule has 5 rings (SSSR count). The zero-order valence-corrected chi connectivity index (χ0v) is 22.5. The molecule has 2 fully saturated rings. The average Bonchev–Trinajstić information content (AvgIpc) is 2.91. The normalized spacial score (nSPS) is 29.0. The summed E-state index contributed by atoms with van der Waals surface area (Å²) >= 11 is 0. The fourth-order valence-corrected chi connectivity index (χ4v) is 6.74. The second-order valence-corrected chi connectivity index (χ2v) is 10.9. The lowest BCUT2D eigenvalue weighted by Gasteiger charge is -2.52. The van der Waals surface area contributed by atoms with Crippen molar-refractivity contribution >= 4 is 35.1 Å². The predicted octanol–water partition coefficient (Wildman–Crippen LogP) is 0.252. The number of phenolic OH excluding ortho intramolecular Hbond substituents is 1. The SMILES string of the molecule is CNC(=O)Oc1ccc(-c2ccc(O)c3c2CC2CC4C(N(C)C)C(=O)C(C(N)=O)C(=O)C4(O)C(=O)C2C3=O)cc1. The first-order chi connectivity index (χ1) is 19.3. The van der Waals surface area contributed by atoms with Crippen molar-refractivity contribution in [2.24, 2.45) is 29.4 Å². The van der Waals surface area contributed by atoms with Crippen molar-refractivity contribution in [1.29, 1.82) is 0 Å². The molecule has 0 aromatic heterocycles. The van der Waals surface area contributed by atoms with E-state index in [1.165, 1.54) is 32.1 Å². The summed E-state index contributed by atoms with van der Waals surface area (Å²) < 4.78 is 5.12. The molecular formula is C29H29N3O9. The van der Waals surface area contributed by atoms with Crippen LogP contribution in [-0.4, -0.2) is 83.0 Å². The van der Waals surface area contributed by atoms with Gasteiger partial charge in [0.25, 0.3) is 0 Å². The number of benzene rings is 2. The summed E-state index contributed by atoms with van der Waals surface area (Å²) in [4.78, 5) is 79.4. The summed E-state index contributed by atoms with van der Waals surface area (Å²) in [5, 5.41) is 24.7. The van der Waals surface area contributed by atoms with Gasteiger partial charge in [0.2, 0.25) is 5.91 Å². The molecule has 6 atom stereocenters. The Labute approximate surface area is 234 Å². The first-order valence-electron chi connectivity index (χ1n) is 13.0. The van der Waals surface area contributed by atoms with Crippen LogP contribution in [0.5, 0.6) is 11.5 Å². The number of primary amides is 1. The van der Waals surface area contributed by atoms with Gasteiger partial charge in [-0.15, -0.1) is 0 Å². The summed E-state index contributed by atoms with van der Waals surface area (Å²) in [6.45, 7) is 0. The molecule has 2 saturated carbocycles. The van der Waals surface area contributed by atoms with Gasteiger partial charge in [-0.2, -0.15) is 0 Å². The van der Waals surface area contributed by atoms with Crippen molar-refractivity contribution in [2.75, 3.05) is 21.1 Å². The largest absolute Gasteiger partial charge is 0.507 e. The molecule has 2 aromatic carbocycles. The molecule has 0 bridgehead atoms. The molecule has 41 heavy (non-hydrogen) atoms. The first-order valence-corrected chi connectivity index (χ1v) is 13.0. The van der Waals surface area contributed by atoms with Crippen molar-refractivity contribution < 1.29 is 43.7 Å². The molecule has 12 nitrogen and oxygen atoms in total. The Morgan fingerprint density at radius 1 is 1.05 bits per heavy atom. The van der Waals surface area contributed by atoms with Gasteiger partial charge >= 0.3 is 6.09 Å². The number of carbonyl (C=O) groups is 6. The molecule has 0 heterocycles. The minimum Gasteiger partial charge on any atom is -0.507 e. The van der Waals surface area contributed by atoms with Crippen LogP contribution in [0.4, 0.5) is 4.79 Å². The van der Waals surface area contributed by atoms with Crippen LogP contribution in [0.1, 0.15) is 22.3 Å². The van der Waals surface area contributed by atoms with E-state index in [-0.39, 0.29) is 29.9 Å². The van der Waals surface area contributed by atoms with Crippen LogP contribution in [0.25, 0.3) is 11.1 Å². The molecule has 0 spiro atoms. The molecule has 3 aliphatic carbocycles. The van der Waals surface area contributed by atoms with Gasteiger partial charge in [0, 0.05) is 13.0 Å². The number of aliphatic hydroxyl groups is 1. The number of carbonyl (C=O) groups excluding carboxylic acids is 6. The number of hydrogen-bond donors (Lipinski definition) is 4. The molecule has 0 aliphatic heterocycles. The van der Waals surface area contributed by atoms with Crippen molar-refractivity contribution in [3.05, 3.63) is 47.5 Å². The molecule has 214 valence electrons. The minimum atomic E-state index is -2.77. The van der Waals surface area contributed by atoms with Gasteiger partial charge in [0.1, 0.15) is 11.5 Å². The number of ether oxygens (including phenoxy) is 1. The highest BCUT2D eigenvalue weighted by Crippen LogP contribution is 2.51. The van der Waals surface area contributed by atoms with Gasteiger partial charge in [-0.3, -0.25) is 28.9 Å². The van der Waals surface area contributed by atoms with Crippen LogP contribution in [0.15, 0.2) is 36.4 Å². The Hall–Kier alpha value is -4.42. The Morgan fingerprint density at radius 2 is 1.71 bits per heavy atom. The van der Waals surface area contributed by atoms with Crippen LogP contribution < -0.4 is 15.8 Å². The van der Waals surface area contributed by atoms with Gasteiger partial charge in [-0.25, -0.2) is 4.79 Å². The van der Waals surface area contributed by atoms with E-state index < -0.39 is 70.4 Å². The van der Waals surface area contributed by atoms with Gasteiger partial charge in [-0.05, 0) is 67.7 Å². The number of fused-ring (bicyclic) bond motifs is 3. The second-order valence-electron chi connectivity index (χ2n) is 10.9. The topological polar surface area (TPSA) is 193 Å². The third kappa shape index (κ3) is 4.13. The van der Waals surface area contributed by atoms with E-state index in [9.17, 15) is 39.0 Å². The lowest BCUT2D eigenvalue weighted by molar-refractivity contribution is -0.181. The average molecular weight is 564 g/mol. The number of rotatable bonds is 4. The Balaban J connectivity index is 1.59. The summed E-state index contributed by atoms with van der Waals surface area (Å²) in [6, 6.07) is 8.27. The molecule has 2 amide bonds. The lowest BCUT2D eigenvalue weighted by atomic mass is 9.52. The number of amides is 2. The minimum absolute atomic E-state index is 0.0438. The smallest absolute Gasteiger partial charge is 0.412 e. The summed E-state index contributed by atoms with van der Waals surface area (Å²) in [5.41, 5.74) is 4.19. The number of nitrogens with one attached hydrogen (secondary N) is 1. The summed E-state index contributed by atoms with van der Waals surface area (Å²) in [6.07, 6.45) is -0.555. The number of aromatic hydroxyl groups is 1. The zero-order valence-electron chi connectivity index (χ0n) is 22.5. The maximum atomic E-state index is 13.9. The van der Waals surface area contributed by atoms with E-state index >= 15 is 0 Å². The predicted molar refractivity (Wildman–Crippen MR) is 142 cm³/mol. The van der Waals surface area contributed by atoms with Crippen LogP contribution in [0.3, 0.4) is 0 Å². The number of ketones is 4. The van der Waals surface area contributed by atoms with E-state index in [1.807, 2.05) is 0 Å². The molecule has 3 aliphatic rings. The van der Waals surface area contributed by atoms with Crippen LogP contribution >= 0.6 is 0 Å². The molecule has 12 heteroatoms. The standard InChI is InChI=1S/C29H29N3O9/c1-31-28(39)41-14-6-4-12(5-7-14)15-8-9-18(33)20-16(15)10-13-11-17-22(32(2)3)24(35)21(27(30)38)26(37)29(17,40)25(36)19(13)23(20)34/h4-9,13,17,19,21-22,33,40H,10-11H2,1-3H3,(H2,30,38)(H,31,39). The molecule has 0 saturated heterocycles. The maximum Gasteiger partial charge on any atom is 0.412 e. The quantitative estimate of drug-likeness (QED) is 0.375. The van der Waals surface area contributed by atoms with Gasteiger partial charge in [0.15, 0.2) is 34.7 Å². The van der Waals surface area contributed by atoms with Crippen LogP contribution in [0.2, 0.25) is 0 Å². The fourth-order valence-electron chi connectivity index (χ4n) is 6.74. The van der Waals surface area contributed by atoms with Crippen LogP contribution in [-0.2, 0) is 25.6 Å². The third-order valence-corrected chi connectivity index (χ3v) is 8.52. The maximum absolute atomic E-state index is 13.9. The van der Waals surface area contributed by atoms with E-state index in [2.05, 4.69) is 5.32 Å². The summed E-state index contributed by atoms with van der Waals surface area (Å²) in [7, 11) is 4.49. The molecule has 6 unspecified atom stereocenters. The molecular weight excluding hydrogens is 534 g/mol. The molecule has 2 aromatic rings. The highest BCUT2D eigenvalue weighted by molar-refractivity contribution is 6.32. The van der Waals surface area contributed by atoms with E-state index in [4.69, 9.17) is 10.5 Å². The highest BCUT2D eigenvalue weighted by Gasteiger charge is 2.69. The lowest BCUT2D eigenvalue weighted by Crippen LogP contribution is -2.74. The fraction of sp³-hybridized carbons (Fsp3) is 0.379. The summed E-state index contributed by atoms with van der Waals surface area (Å²) in [5.74, 6) is -10.7. The van der Waals surface area contributed by atoms with Gasteiger partial charge < -0.3 is 26.0 Å². The van der Waals surface area contributed by atoms with E-state index in [0.717, 1.165) is 0 Å². The van der Waals surface area contributed by atoms with Crippen molar-refractivity contribution in [3.8, 4) is 22.6 Å². The number of likely N-dealkylation sites (N-methyl/N-ethyl adjacent to an activating group) is 1. The number of nitrogens with zero attached hydrogens (tertiary/aromatic N) is 1. The van der Waals surface area contributed by atoms with E-state index in [1.54, 1.807) is 30.3 Å². The molecule has 0 radical (unpaired) electrons. The molecule has 5 N–H and O–H groups in total. The Morgan fingerprint density at radius 3 is 2.29 bits per heavy atom. The van der Waals surface area contributed by atoms with Crippen molar-refractivity contribution in [2.45, 2.75) is 24.5 Å². The van der Waals surface area contributed by atoms with E-state index in [0.29, 0.717) is 16.7 Å². The van der Waals surface area contributed by atoms with Gasteiger partial charge in [-0.1, -0.05) is 18.2 Å². The second kappa shape index (κ2) is 9.89. The van der Waals surface area contributed by atoms with Crippen LogP contribution in [0, 0.1) is 23.7 Å². The third-order valence-electron chi connectivity index (χ3n) is 8.52. The Kier molecular flexibility index (Phi) is 6.79. The number of Topliss-reactive ketones (excluding diaryl/α,β-unsaturated/α-hetero) is 4.